The first-order valence-electron chi connectivity index (χ1n) is 3.92. The molecule has 0 N–H and O–H groups in total. The molecule has 0 aliphatic heterocycles. The van der Waals surface area contributed by atoms with Gasteiger partial charge in [-0.2, -0.15) is 13.2 Å². The average Bonchev–Trinajstić information content (AvgIpc) is 2.14. The van der Waals surface area contributed by atoms with Crippen molar-refractivity contribution >= 4 is 5.78 Å². The van der Waals surface area contributed by atoms with Crippen LogP contribution in [-0.4, -0.2) is 19.1 Å². The van der Waals surface area contributed by atoms with Gasteiger partial charge in [-0.1, -0.05) is 0 Å². The number of benzene rings is 1. The van der Waals surface area contributed by atoms with E-state index in [-0.39, 0.29) is 12.1 Å². The molecule has 0 fully saturated rings. The second kappa shape index (κ2) is 4.07. The monoisotopic (exact) mass is 240 g/mol. The second-order valence-electron chi connectivity index (χ2n) is 2.80. The SMILES string of the molecule is COc1c(F)cc(C(=O)C(F)(F)F)cc1F. The fourth-order valence-electron chi connectivity index (χ4n) is 1.05. The normalized spacial score (nSPS) is 11.4. The van der Waals surface area contributed by atoms with Crippen LogP contribution in [0.1, 0.15) is 10.4 Å². The molecule has 1 rings (SSSR count). The van der Waals surface area contributed by atoms with E-state index in [0.717, 1.165) is 7.11 Å². The number of ether oxygens (including phenoxy) is 1. The summed E-state index contributed by atoms with van der Waals surface area (Å²) in [6.07, 6.45) is -5.17. The van der Waals surface area contributed by atoms with Gasteiger partial charge >= 0.3 is 6.18 Å². The molecule has 88 valence electrons. The molecule has 1 aromatic carbocycles. The number of halogens is 5. The third-order valence-corrected chi connectivity index (χ3v) is 1.72. The molecule has 0 amide bonds. The zero-order valence-electron chi connectivity index (χ0n) is 7.86. The molecule has 2 nitrogen and oxygen atoms in total. The van der Waals surface area contributed by atoms with Crippen LogP contribution >= 0.6 is 0 Å². The van der Waals surface area contributed by atoms with Crippen LogP contribution < -0.4 is 4.74 Å². The van der Waals surface area contributed by atoms with Crippen molar-refractivity contribution in [3.8, 4) is 5.75 Å². The van der Waals surface area contributed by atoms with Gasteiger partial charge in [-0.15, -0.1) is 0 Å². The molecule has 0 spiro atoms. The number of Topliss-reactive ketones (excluding diaryl/α,β-unsaturated/α-hetero) is 1. The summed E-state index contributed by atoms with van der Waals surface area (Å²) in [5.41, 5.74) is -1.11. The first-order valence-corrected chi connectivity index (χ1v) is 3.92. The van der Waals surface area contributed by atoms with E-state index in [1.165, 1.54) is 0 Å². The van der Waals surface area contributed by atoms with Crippen LogP contribution in [-0.2, 0) is 0 Å². The van der Waals surface area contributed by atoms with Crippen LogP contribution in [0.15, 0.2) is 12.1 Å². The van der Waals surface area contributed by atoms with Crippen LogP contribution in [0.5, 0.6) is 5.75 Å². The number of methoxy groups -OCH3 is 1. The van der Waals surface area contributed by atoms with Gasteiger partial charge in [0.25, 0.3) is 5.78 Å². The summed E-state index contributed by atoms with van der Waals surface area (Å²) < 4.78 is 66.1. The zero-order chi connectivity index (χ0) is 12.5. The Morgan fingerprint density at radius 3 is 1.94 bits per heavy atom. The van der Waals surface area contributed by atoms with Crippen molar-refractivity contribution in [2.75, 3.05) is 7.11 Å². The maximum Gasteiger partial charge on any atom is 0.454 e. The molecular weight excluding hydrogens is 235 g/mol. The third-order valence-electron chi connectivity index (χ3n) is 1.72. The third kappa shape index (κ3) is 2.29. The Morgan fingerprint density at radius 2 is 1.62 bits per heavy atom. The quantitative estimate of drug-likeness (QED) is 0.586. The summed E-state index contributed by atoms with van der Waals surface area (Å²) in [5.74, 6) is -5.88. The van der Waals surface area contributed by atoms with Crippen molar-refractivity contribution in [1.29, 1.82) is 0 Å². The first-order chi connectivity index (χ1) is 7.27. The van der Waals surface area contributed by atoms with E-state index in [1.54, 1.807) is 0 Å². The van der Waals surface area contributed by atoms with Gasteiger partial charge in [-0.05, 0) is 12.1 Å². The summed E-state index contributed by atoms with van der Waals surface area (Å²) in [7, 11) is 0.951. The lowest BCUT2D eigenvalue weighted by atomic mass is 10.1. The van der Waals surface area contributed by atoms with Crippen LogP contribution in [0.2, 0.25) is 0 Å². The minimum absolute atomic E-state index is 0.276. The maximum absolute atomic E-state index is 13.0. The molecule has 0 saturated heterocycles. The number of hydrogen-bond donors (Lipinski definition) is 0. The Labute approximate surface area is 86.6 Å². The Morgan fingerprint density at radius 1 is 1.19 bits per heavy atom. The van der Waals surface area contributed by atoms with Gasteiger partial charge in [-0.3, -0.25) is 4.79 Å². The molecule has 1 aromatic rings. The van der Waals surface area contributed by atoms with Crippen molar-refractivity contribution in [1.82, 2.24) is 0 Å². The van der Waals surface area contributed by atoms with Gasteiger partial charge < -0.3 is 4.74 Å². The molecule has 0 radical (unpaired) electrons. The summed E-state index contributed by atoms with van der Waals surface area (Å²) in [6.45, 7) is 0. The largest absolute Gasteiger partial charge is 0.491 e. The van der Waals surface area contributed by atoms with Crippen LogP contribution in [0.3, 0.4) is 0 Å². The van der Waals surface area contributed by atoms with E-state index in [2.05, 4.69) is 4.74 Å². The summed E-state index contributed by atoms with van der Waals surface area (Å²) >= 11 is 0. The van der Waals surface area contributed by atoms with E-state index in [9.17, 15) is 26.7 Å². The number of ketones is 1. The summed E-state index contributed by atoms with van der Waals surface area (Å²) in [4.78, 5) is 10.7. The first kappa shape index (κ1) is 12.4. The Kier molecular flexibility index (Phi) is 3.16. The highest BCUT2D eigenvalue weighted by atomic mass is 19.4. The van der Waals surface area contributed by atoms with Gasteiger partial charge in [0.15, 0.2) is 17.4 Å². The van der Waals surface area contributed by atoms with Crippen LogP contribution in [0.4, 0.5) is 22.0 Å². The predicted molar refractivity (Wildman–Crippen MR) is 43.3 cm³/mol. The van der Waals surface area contributed by atoms with E-state index < -0.39 is 34.9 Å². The Hall–Kier alpha value is -1.66. The van der Waals surface area contributed by atoms with Crippen LogP contribution in [0, 0.1) is 11.6 Å². The van der Waals surface area contributed by atoms with Crippen LogP contribution in [0.25, 0.3) is 0 Å². The molecular formula is C9H5F5O2. The van der Waals surface area contributed by atoms with Crippen molar-refractivity contribution in [3.05, 3.63) is 29.3 Å². The van der Waals surface area contributed by atoms with Gasteiger partial charge in [-0.25, -0.2) is 8.78 Å². The van der Waals surface area contributed by atoms with Crippen molar-refractivity contribution in [3.63, 3.8) is 0 Å². The number of alkyl halides is 3. The summed E-state index contributed by atoms with van der Waals surface area (Å²) in [6, 6.07) is 0.551. The molecule has 0 heterocycles. The average molecular weight is 240 g/mol. The molecule has 0 atom stereocenters. The molecule has 0 unspecified atom stereocenters. The van der Waals surface area contributed by atoms with E-state index >= 15 is 0 Å². The highest BCUT2D eigenvalue weighted by Crippen LogP contribution is 2.27. The lowest BCUT2D eigenvalue weighted by molar-refractivity contribution is -0.0885. The molecule has 0 aliphatic carbocycles. The fourth-order valence-corrected chi connectivity index (χ4v) is 1.05. The van der Waals surface area contributed by atoms with Crippen molar-refractivity contribution < 1.29 is 31.5 Å². The van der Waals surface area contributed by atoms with Gasteiger partial charge in [0.1, 0.15) is 0 Å². The van der Waals surface area contributed by atoms with Gasteiger partial charge in [0.2, 0.25) is 0 Å². The fraction of sp³-hybridized carbons (Fsp3) is 0.222. The highest BCUT2D eigenvalue weighted by molar-refractivity contribution is 6.00. The molecule has 0 saturated carbocycles. The topological polar surface area (TPSA) is 26.3 Å². The number of carbonyl (C=O) groups is 1. The molecule has 7 heteroatoms. The summed E-state index contributed by atoms with van der Waals surface area (Å²) in [5, 5.41) is 0. The van der Waals surface area contributed by atoms with Crippen molar-refractivity contribution in [2.45, 2.75) is 6.18 Å². The lowest BCUT2D eigenvalue weighted by Gasteiger charge is -2.08. The minimum atomic E-state index is -5.17. The number of hydrogen-bond acceptors (Lipinski definition) is 2. The predicted octanol–water partition coefficient (Wildman–Crippen LogP) is 2.72. The Balaban J connectivity index is 3.24. The lowest BCUT2D eigenvalue weighted by Crippen LogP contribution is -2.23. The number of rotatable bonds is 2. The van der Waals surface area contributed by atoms with Gasteiger partial charge in [0, 0.05) is 5.56 Å². The minimum Gasteiger partial charge on any atom is -0.491 e. The van der Waals surface area contributed by atoms with Gasteiger partial charge in [0.05, 0.1) is 7.11 Å². The molecule has 16 heavy (non-hydrogen) atoms. The highest BCUT2D eigenvalue weighted by Gasteiger charge is 2.40. The second-order valence-corrected chi connectivity index (χ2v) is 2.80. The standard InChI is InChI=1S/C9H5F5O2/c1-16-7-5(10)2-4(3-6(7)11)8(15)9(12,13)14/h2-3H,1H3. The van der Waals surface area contributed by atoms with Crippen molar-refractivity contribution in [2.24, 2.45) is 0 Å². The van der Waals surface area contributed by atoms with E-state index in [0.29, 0.717) is 0 Å². The van der Waals surface area contributed by atoms with E-state index in [1.807, 2.05) is 0 Å². The zero-order valence-corrected chi connectivity index (χ0v) is 7.86. The Bertz CT molecular complexity index is 401. The maximum atomic E-state index is 13.0. The molecule has 0 aromatic heterocycles. The smallest absolute Gasteiger partial charge is 0.454 e. The molecule has 0 aliphatic rings. The number of carbonyl (C=O) groups excluding carboxylic acids is 1. The molecule has 0 bridgehead atoms. The van der Waals surface area contributed by atoms with E-state index in [4.69, 9.17) is 0 Å².